The highest BCUT2D eigenvalue weighted by Gasteiger charge is 2.13. The van der Waals surface area contributed by atoms with Crippen LogP contribution in [-0.4, -0.2) is 7.11 Å². The topological polar surface area (TPSA) is 35.2 Å². The molecule has 2 N–H and O–H groups in total. The molecule has 19 heavy (non-hydrogen) atoms. The number of rotatable bonds is 5. The van der Waals surface area contributed by atoms with Crippen LogP contribution in [0.4, 0.5) is 0 Å². The lowest BCUT2D eigenvalue weighted by Gasteiger charge is -2.16. The number of hydrogen-bond donors (Lipinski definition) is 1. The molecule has 0 aliphatic rings. The van der Waals surface area contributed by atoms with E-state index < -0.39 is 0 Å². The molecule has 0 heterocycles. The van der Waals surface area contributed by atoms with Crippen LogP contribution in [0, 0.1) is 0 Å². The number of methoxy groups -OCH3 is 1. The maximum Gasteiger partial charge on any atom is 0.123 e. The summed E-state index contributed by atoms with van der Waals surface area (Å²) in [6.45, 7) is 2.19. The first-order valence-electron chi connectivity index (χ1n) is 6.73. The highest BCUT2D eigenvalue weighted by Crippen LogP contribution is 2.28. The Balaban J connectivity index is 2.25. The maximum absolute atomic E-state index is 6.34. The maximum atomic E-state index is 6.34. The molecular weight excluding hydrogens is 234 g/mol. The third-order valence-corrected chi connectivity index (χ3v) is 3.35. The molecule has 0 amide bonds. The third kappa shape index (κ3) is 3.15. The first-order valence-corrected chi connectivity index (χ1v) is 6.73. The van der Waals surface area contributed by atoms with Gasteiger partial charge in [0.25, 0.3) is 0 Å². The van der Waals surface area contributed by atoms with Crippen LogP contribution in [0.3, 0.4) is 0 Å². The van der Waals surface area contributed by atoms with Crippen molar-refractivity contribution in [2.75, 3.05) is 7.11 Å². The Bertz CT molecular complexity index is 519. The van der Waals surface area contributed by atoms with Crippen LogP contribution >= 0.6 is 0 Å². The summed E-state index contributed by atoms with van der Waals surface area (Å²) in [5.74, 6) is 0.840. The van der Waals surface area contributed by atoms with Crippen LogP contribution in [0.2, 0.25) is 0 Å². The van der Waals surface area contributed by atoms with Crippen molar-refractivity contribution in [3.05, 3.63) is 65.2 Å². The van der Waals surface area contributed by atoms with Crippen LogP contribution in [0.25, 0.3) is 0 Å². The lowest BCUT2D eigenvalue weighted by Crippen LogP contribution is -2.13. The predicted molar refractivity (Wildman–Crippen MR) is 79.5 cm³/mol. The van der Waals surface area contributed by atoms with E-state index in [1.165, 1.54) is 5.56 Å². The van der Waals surface area contributed by atoms with Gasteiger partial charge in [0.2, 0.25) is 0 Å². The molecule has 0 aliphatic heterocycles. The smallest absolute Gasteiger partial charge is 0.123 e. The van der Waals surface area contributed by atoms with E-state index in [1.807, 2.05) is 24.3 Å². The molecule has 2 rings (SSSR count). The van der Waals surface area contributed by atoms with E-state index in [-0.39, 0.29) is 6.04 Å². The van der Waals surface area contributed by atoms with E-state index in [0.717, 1.165) is 29.7 Å². The average Bonchev–Trinajstić information content (AvgIpc) is 2.47. The lowest BCUT2D eigenvalue weighted by molar-refractivity contribution is 0.408. The molecule has 2 nitrogen and oxygen atoms in total. The zero-order chi connectivity index (χ0) is 13.7. The van der Waals surface area contributed by atoms with Gasteiger partial charge in [-0.15, -0.1) is 0 Å². The Kier molecular flexibility index (Phi) is 4.58. The average molecular weight is 255 g/mol. The molecule has 0 spiro atoms. The number of para-hydroxylation sites is 1. The van der Waals surface area contributed by atoms with Crippen molar-refractivity contribution >= 4 is 0 Å². The van der Waals surface area contributed by atoms with Crippen LogP contribution in [0.15, 0.2) is 48.5 Å². The van der Waals surface area contributed by atoms with E-state index >= 15 is 0 Å². The summed E-state index contributed by atoms with van der Waals surface area (Å²) in [6, 6.07) is 16.3. The Morgan fingerprint density at radius 2 is 1.74 bits per heavy atom. The zero-order valence-corrected chi connectivity index (χ0v) is 11.6. The minimum absolute atomic E-state index is 0.146. The van der Waals surface area contributed by atoms with E-state index in [2.05, 4.69) is 31.2 Å². The monoisotopic (exact) mass is 255 g/mol. The fraction of sp³-hybridized carbons (Fsp3) is 0.294. The lowest BCUT2D eigenvalue weighted by atomic mass is 9.97. The normalized spacial score (nSPS) is 12.2. The standard InChI is InChI=1S/C17H21NO/c1-3-6-13-9-11-14(12-10-13)17(18)15-7-4-5-8-16(15)19-2/h4-5,7-12,17H,3,6,18H2,1-2H3. The summed E-state index contributed by atoms with van der Waals surface area (Å²) in [5, 5.41) is 0. The van der Waals surface area contributed by atoms with E-state index in [1.54, 1.807) is 7.11 Å². The van der Waals surface area contributed by atoms with Crippen molar-refractivity contribution in [2.24, 2.45) is 5.73 Å². The van der Waals surface area contributed by atoms with Gasteiger partial charge in [-0.25, -0.2) is 0 Å². The zero-order valence-electron chi connectivity index (χ0n) is 11.6. The molecule has 2 aromatic rings. The molecule has 100 valence electrons. The van der Waals surface area contributed by atoms with E-state index in [4.69, 9.17) is 10.5 Å². The molecule has 0 aliphatic carbocycles. The molecule has 0 saturated heterocycles. The summed E-state index contributed by atoms with van der Waals surface area (Å²) in [7, 11) is 1.68. The van der Waals surface area contributed by atoms with Crippen LogP contribution < -0.4 is 10.5 Å². The first kappa shape index (κ1) is 13.6. The van der Waals surface area contributed by atoms with Gasteiger partial charge in [-0.1, -0.05) is 55.8 Å². The van der Waals surface area contributed by atoms with Gasteiger partial charge in [0.15, 0.2) is 0 Å². The van der Waals surface area contributed by atoms with Gasteiger partial charge in [0.1, 0.15) is 5.75 Å². The SMILES string of the molecule is CCCc1ccc(C(N)c2ccccc2OC)cc1. The molecule has 2 heteroatoms. The van der Waals surface area contributed by atoms with E-state index in [9.17, 15) is 0 Å². The summed E-state index contributed by atoms with van der Waals surface area (Å²) in [5.41, 5.74) is 9.83. The second-order valence-electron chi connectivity index (χ2n) is 4.71. The number of nitrogens with two attached hydrogens (primary N) is 1. The van der Waals surface area contributed by atoms with E-state index in [0.29, 0.717) is 0 Å². The van der Waals surface area contributed by atoms with Crippen molar-refractivity contribution in [1.29, 1.82) is 0 Å². The highest BCUT2D eigenvalue weighted by atomic mass is 16.5. The van der Waals surface area contributed by atoms with Crippen molar-refractivity contribution in [1.82, 2.24) is 0 Å². The van der Waals surface area contributed by atoms with Crippen LogP contribution in [0.1, 0.15) is 36.1 Å². The van der Waals surface area contributed by atoms with Crippen LogP contribution in [0.5, 0.6) is 5.75 Å². The minimum atomic E-state index is -0.146. The van der Waals surface area contributed by atoms with Crippen molar-refractivity contribution in [2.45, 2.75) is 25.8 Å². The number of benzene rings is 2. The van der Waals surface area contributed by atoms with Gasteiger partial charge in [0, 0.05) is 5.56 Å². The molecule has 0 radical (unpaired) electrons. The minimum Gasteiger partial charge on any atom is -0.496 e. The summed E-state index contributed by atoms with van der Waals surface area (Å²) in [6.07, 6.45) is 2.28. The summed E-state index contributed by atoms with van der Waals surface area (Å²) < 4.78 is 5.37. The Morgan fingerprint density at radius 1 is 1.05 bits per heavy atom. The third-order valence-electron chi connectivity index (χ3n) is 3.35. The predicted octanol–water partition coefficient (Wildman–Crippen LogP) is 3.70. The summed E-state index contributed by atoms with van der Waals surface area (Å²) in [4.78, 5) is 0. The summed E-state index contributed by atoms with van der Waals surface area (Å²) >= 11 is 0. The molecule has 1 atom stereocenters. The molecular formula is C17H21NO. The van der Waals surface area contributed by atoms with Gasteiger partial charge in [-0.05, 0) is 23.6 Å². The second-order valence-corrected chi connectivity index (χ2v) is 4.71. The molecule has 0 saturated carbocycles. The van der Waals surface area contributed by atoms with Crippen molar-refractivity contribution in [3.8, 4) is 5.75 Å². The van der Waals surface area contributed by atoms with Crippen LogP contribution in [-0.2, 0) is 6.42 Å². The largest absolute Gasteiger partial charge is 0.496 e. The Hall–Kier alpha value is -1.80. The number of aryl methyl sites for hydroxylation is 1. The Morgan fingerprint density at radius 3 is 2.37 bits per heavy atom. The number of ether oxygens (including phenoxy) is 1. The van der Waals surface area contributed by atoms with Crippen molar-refractivity contribution < 1.29 is 4.74 Å². The molecule has 0 bridgehead atoms. The van der Waals surface area contributed by atoms with Crippen molar-refractivity contribution in [3.63, 3.8) is 0 Å². The quantitative estimate of drug-likeness (QED) is 0.884. The highest BCUT2D eigenvalue weighted by molar-refractivity contribution is 5.41. The second kappa shape index (κ2) is 6.39. The Labute approximate surface area is 115 Å². The van der Waals surface area contributed by atoms with Gasteiger partial charge in [-0.3, -0.25) is 0 Å². The molecule has 0 aromatic heterocycles. The fourth-order valence-electron chi connectivity index (χ4n) is 2.28. The molecule has 1 unspecified atom stereocenters. The first-order chi connectivity index (χ1) is 9.26. The van der Waals surface area contributed by atoms with Gasteiger partial charge < -0.3 is 10.5 Å². The molecule has 0 fully saturated rings. The van der Waals surface area contributed by atoms with Gasteiger partial charge in [-0.2, -0.15) is 0 Å². The van der Waals surface area contributed by atoms with Gasteiger partial charge in [0.05, 0.1) is 13.2 Å². The number of hydrogen-bond acceptors (Lipinski definition) is 2. The molecule has 2 aromatic carbocycles. The fourth-order valence-corrected chi connectivity index (χ4v) is 2.28. The van der Waals surface area contributed by atoms with Gasteiger partial charge >= 0.3 is 0 Å².